The van der Waals surface area contributed by atoms with Crippen molar-refractivity contribution in [3.05, 3.63) is 0 Å². The highest BCUT2D eigenvalue weighted by Crippen LogP contribution is 2.24. The Balaban J connectivity index is 2.42. The van der Waals surface area contributed by atoms with Gasteiger partial charge in [-0.15, -0.1) is 5.10 Å². The van der Waals surface area contributed by atoms with Crippen LogP contribution in [0.3, 0.4) is 0 Å². The number of hydrogen-bond acceptors (Lipinski definition) is 7. The van der Waals surface area contributed by atoms with E-state index >= 15 is 0 Å². The molecule has 0 N–H and O–H groups in total. The van der Waals surface area contributed by atoms with E-state index in [0.717, 1.165) is 23.8 Å². The first-order valence-corrected chi connectivity index (χ1v) is 7.37. The topological polar surface area (TPSA) is 85.9 Å². The van der Waals surface area contributed by atoms with E-state index in [2.05, 4.69) is 21.6 Å². The van der Waals surface area contributed by atoms with Crippen LogP contribution in [0.15, 0.2) is 5.16 Å². The largest absolute Gasteiger partial charge is 0.354 e. The molecule has 112 valence electrons. The van der Waals surface area contributed by atoms with Crippen LogP contribution in [0.5, 0.6) is 0 Å². The summed E-state index contributed by atoms with van der Waals surface area (Å²) in [6.07, 6.45) is 1.43. The van der Waals surface area contributed by atoms with Gasteiger partial charge in [-0.1, -0.05) is 11.8 Å². The van der Waals surface area contributed by atoms with Crippen LogP contribution in [0.25, 0.3) is 0 Å². The fraction of sp³-hybridized carbons (Fsp3) is 0.833. The lowest BCUT2D eigenvalue weighted by Crippen LogP contribution is -2.22. The highest BCUT2D eigenvalue weighted by Gasteiger charge is 2.17. The summed E-state index contributed by atoms with van der Waals surface area (Å²) in [6.45, 7) is 4.35. The van der Waals surface area contributed by atoms with E-state index in [1.165, 1.54) is 0 Å². The summed E-state index contributed by atoms with van der Waals surface area (Å²) in [5, 5.41) is 21.3. The third kappa shape index (κ3) is 5.45. The zero-order chi connectivity index (χ0) is 15.0. The van der Waals surface area contributed by atoms with Crippen molar-refractivity contribution in [2.45, 2.75) is 44.7 Å². The summed E-state index contributed by atoms with van der Waals surface area (Å²) in [6, 6.07) is 2.30. The molecule has 0 radical (unpaired) electrons. The average molecular weight is 299 g/mol. The maximum Gasteiger partial charge on any atom is 0.209 e. The van der Waals surface area contributed by atoms with Crippen molar-refractivity contribution in [2.75, 3.05) is 20.0 Å². The summed E-state index contributed by atoms with van der Waals surface area (Å²) >= 11 is 1.57. The van der Waals surface area contributed by atoms with Gasteiger partial charge in [0.05, 0.1) is 18.0 Å². The van der Waals surface area contributed by atoms with E-state index in [4.69, 9.17) is 14.7 Å². The normalized spacial score (nSPS) is 11.8. The minimum atomic E-state index is -0.365. The van der Waals surface area contributed by atoms with Gasteiger partial charge in [0.1, 0.15) is 0 Å². The van der Waals surface area contributed by atoms with Gasteiger partial charge in [0.15, 0.2) is 6.29 Å². The van der Waals surface area contributed by atoms with Crippen LogP contribution < -0.4 is 0 Å². The van der Waals surface area contributed by atoms with Gasteiger partial charge < -0.3 is 9.47 Å². The molecule has 0 fully saturated rings. The van der Waals surface area contributed by atoms with Gasteiger partial charge in [-0.25, -0.2) is 4.68 Å². The molecule has 0 unspecified atom stereocenters. The van der Waals surface area contributed by atoms with Crippen molar-refractivity contribution in [3.8, 4) is 6.07 Å². The molecule has 0 aliphatic rings. The highest BCUT2D eigenvalue weighted by molar-refractivity contribution is 7.99. The van der Waals surface area contributed by atoms with E-state index in [9.17, 15) is 0 Å². The van der Waals surface area contributed by atoms with E-state index in [1.54, 1.807) is 30.7 Å². The Morgan fingerprint density at radius 3 is 2.70 bits per heavy atom. The summed E-state index contributed by atoms with van der Waals surface area (Å²) < 4.78 is 11.9. The Bertz CT molecular complexity index is 439. The van der Waals surface area contributed by atoms with E-state index in [1.807, 2.05) is 13.8 Å². The van der Waals surface area contributed by atoms with Crippen LogP contribution in [-0.2, 0) is 16.0 Å². The van der Waals surface area contributed by atoms with Crippen LogP contribution in [0.2, 0.25) is 0 Å². The second-order valence-electron chi connectivity index (χ2n) is 4.99. The van der Waals surface area contributed by atoms with Crippen molar-refractivity contribution in [1.29, 1.82) is 5.26 Å². The molecule has 1 aromatic heterocycles. The van der Waals surface area contributed by atoms with Crippen LogP contribution in [0, 0.1) is 16.7 Å². The molecule has 1 aromatic rings. The SMILES string of the molecule is COC(Cn1nnnc1SCCCC(C)(C)C#N)OC. The number of nitriles is 1. The molecule has 0 spiro atoms. The lowest BCUT2D eigenvalue weighted by Gasteiger charge is -2.15. The second kappa shape index (κ2) is 8.19. The van der Waals surface area contributed by atoms with Crippen molar-refractivity contribution < 1.29 is 9.47 Å². The standard InChI is InChI=1S/C12H21N5O2S/c1-12(2,9-13)6-5-7-20-11-14-15-16-17(11)8-10(18-3)19-4/h10H,5-8H2,1-4H3. The predicted octanol–water partition coefficient (Wildman–Crippen LogP) is 1.71. The number of thioether (sulfide) groups is 1. The van der Waals surface area contributed by atoms with Crippen molar-refractivity contribution in [3.63, 3.8) is 0 Å². The third-order valence-electron chi connectivity index (χ3n) is 2.83. The third-order valence-corrected chi connectivity index (χ3v) is 3.87. The van der Waals surface area contributed by atoms with Gasteiger partial charge >= 0.3 is 0 Å². The van der Waals surface area contributed by atoms with Crippen molar-refractivity contribution in [1.82, 2.24) is 20.2 Å². The van der Waals surface area contributed by atoms with Crippen molar-refractivity contribution in [2.24, 2.45) is 5.41 Å². The molecule has 1 rings (SSSR count). The number of ether oxygens (including phenoxy) is 2. The average Bonchev–Trinajstić information content (AvgIpc) is 2.88. The first-order chi connectivity index (χ1) is 9.52. The van der Waals surface area contributed by atoms with Crippen LogP contribution in [-0.4, -0.2) is 46.5 Å². The first-order valence-electron chi connectivity index (χ1n) is 6.38. The fourth-order valence-electron chi connectivity index (χ4n) is 1.53. The molecule has 0 aliphatic heterocycles. The summed E-state index contributed by atoms with van der Waals surface area (Å²) in [7, 11) is 3.16. The first kappa shape index (κ1) is 16.9. The quantitative estimate of drug-likeness (QED) is 0.390. The lowest BCUT2D eigenvalue weighted by atomic mass is 9.90. The lowest BCUT2D eigenvalue weighted by molar-refractivity contribution is -0.113. The molecule has 8 heteroatoms. The van der Waals surface area contributed by atoms with Gasteiger partial charge in [-0.2, -0.15) is 5.26 Å². The molecule has 20 heavy (non-hydrogen) atoms. The maximum atomic E-state index is 8.95. The molecule has 0 amide bonds. The number of tetrazole rings is 1. The molecule has 1 heterocycles. The Kier molecular flexibility index (Phi) is 6.91. The number of nitrogens with zero attached hydrogens (tertiary/aromatic N) is 5. The molecule has 0 aromatic carbocycles. The minimum absolute atomic E-state index is 0.274. The Morgan fingerprint density at radius 2 is 2.10 bits per heavy atom. The Morgan fingerprint density at radius 1 is 1.40 bits per heavy atom. The predicted molar refractivity (Wildman–Crippen MR) is 75.0 cm³/mol. The molecule has 0 saturated heterocycles. The number of aromatic nitrogens is 4. The minimum Gasteiger partial charge on any atom is -0.354 e. The molecule has 0 bridgehead atoms. The van der Waals surface area contributed by atoms with Gasteiger partial charge in [0.2, 0.25) is 5.16 Å². The molecule has 0 atom stereocenters. The highest BCUT2D eigenvalue weighted by atomic mass is 32.2. The molecule has 0 saturated carbocycles. The Hall–Kier alpha value is -1.17. The number of hydrogen-bond donors (Lipinski definition) is 0. The molecular weight excluding hydrogens is 278 g/mol. The maximum absolute atomic E-state index is 8.95. The smallest absolute Gasteiger partial charge is 0.209 e. The molecular formula is C12H21N5O2S. The van der Waals surface area contributed by atoms with Crippen LogP contribution in [0.1, 0.15) is 26.7 Å². The zero-order valence-electron chi connectivity index (χ0n) is 12.4. The van der Waals surface area contributed by atoms with E-state index in [-0.39, 0.29) is 11.7 Å². The van der Waals surface area contributed by atoms with E-state index < -0.39 is 0 Å². The second-order valence-corrected chi connectivity index (χ2v) is 6.05. The van der Waals surface area contributed by atoms with Crippen molar-refractivity contribution >= 4 is 11.8 Å². The number of methoxy groups -OCH3 is 2. The van der Waals surface area contributed by atoms with Crippen LogP contribution in [0.4, 0.5) is 0 Å². The monoisotopic (exact) mass is 299 g/mol. The zero-order valence-corrected chi connectivity index (χ0v) is 13.2. The van der Waals surface area contributed by atoms with Gasteiger partial charge in [-0.05, 0) is 37.1 Å². The number of rotatable bonds is 9. The summed E-state index contributed by atoms with van der Waals surface area (Å²) in [5.74, 6) is 0.871. The van der Waals surface area contributed by atoms with E-state index in [0.29, 0.717) is 6.54 Å². The molecule has 0 aliphatic carbocycles. The molecule has 7 nitrogen and oxygen atoms in total. The van der Waals surface area contributed by atoms with Gasteiger partial charge in [-0.3, -0.25) is 0 Å². The van der Waals surface area contributed by atoms with Gasteiger partial charge in [0.25, 0.3) is 0 Å². The Labute approximate surface area is 123 Å². The van der Waals surface area contributed by atoms with Gasteiger partial charge in [0, 0.05) is 20.0 Å². The summed E-state index contributed by atoms with van der Waals surface area (Å²) in [5.41, 5.74) is -0.274. The fourth-order valence-corrected chi connectivity index (χ4v) is 2.36. The summed E-state index contributed by atoms with van der Waals surface area (Å²) in [4.78, 5) is 0. The van der Waals surface area contributed by atoms with Crippen LogP contribution >= 0.6 is 11.8 Å².